The minimum atomic E-state index is -0.709. The van der Waals surface area contributed by atoms with E-state index in [1.165, 1.54) is 12.6 Å². The molecule has 0 aromatic carbocycles. The summed E-state index contributed by atoms with van der Waals surface area (Å²) in [5.74, 6) is 0.427. The average Bonchev–Trinajstić information content (AvgIpc) is 2.38. The van der Waals surface area contributed by atoms with Gasteiger partial charge < -0.3 is 12.6 Å². The molecule has 0 amide bonds. The van der Waals surface area contributed by atoms with Crippen LogP contribution < -0.4 is 0 Å². The van der Waals surface area contributed by atoms with Crippen molar-refractivity contribution < 1.29 is 12.6 Å². The number of aromatic nitrogens is 1. The summed E-state index contributed by atoms with van der Waals surface area (Å²) in [7, 11) is 0. The molecule has 56 valence electrons. The van der Waals surface area contributed by atoms with Gasteiger partial charge in [0.15, 0.2) is 12.2 Å². The maximum atomic E-state index is 9.15. The molecular formula is C5H6INO3. The molecule has 0 radical (unpaired) electrons. The second kappa shape index (κ2) is 3.89. The number of aliphatic hydroxyl groups is 1. The average molecular weight is 255 g/mol. The maximum Gasteiger partial charge on any atom is 0.180 e. The van der Waals surface area contributed by atoms with E-state index in [0.717, 1.165) is 0 Å². The topological polar surface area (TPSA) is 55.5 Å². The molecule has 1 aromatic heterocycles. The van der Waals surface area contributed by atoms with Crippen LogP contribution in [0.4, 0.5) is 0 Å². The normalized spacial score (nSPS) is 13.4. The van der Waals surface area contributed by atoms with Crippen LogP contribution in [0.1, 0.15) is 11.9 Å². The molecule has 0 aliphatic heterocycles. The van der Waals surface area contributed by atoms with Crippen LogP contribution in [0.5, 0.6) is 0 Å². The summed E-state index contributed by atoms with van der Waals surface area (Å²) in [4.78, 5) is 3.64. The van der Waals surface area contributed by atoms with E-state index in [1.54, 1.807) is 23.0 Å². The van der Waals surface area contributed by atoms with Crippen molar-refractivity contribution in [3.63, 3.8) is 0 Å². The molecule has 1 N–H and O–H groups in total. The first-order chi connectivity index (χ1) is 4.84. The molecule has 0 aliphatic carbocycles. The summed E-state index contributed by atoms with van der Waals surface area (Å²) in [6.07, 6.45) is 2.02. The van der Waals surface area contributed by atoms with Crippen molar-refractivity contribution in [3.05, 3.63) is 18.4 Å². The highest BCUT2D eigenvalue weighted by Crippen LogP contribution is 2.12. The quantitative estimate of drug-likeness (QED) is 0.821. The minimum absolute atomic E-state index is 0.218. The van der Waals surface area contributed by atoms with Gasteiger partial charge in [0.05, 0.1) is 12.8 Å². The number of rotatable bonds is 3. The Morgan fingerprint density at radius 1 is 1.90 bits per heavy atom. The SMILES string of the molecule is OC(COI)c1cnco1. The Kier molecular flexibility index (Phi) is 3.10. The second-order valence-electron chi connectivity index (χ2n) is 1.70. The zero-order valence-electron chi connectivity index (χ0n) is 5.03. The first kappa shape index (κ1) is 7.96. The lowest BCUT2D eigenvalue weighted by atomic mass is 10.3. The number of nitrogens with zero attached hydrogens (tertiary/aromatic N) is 1. The van der Waals surface area contributed by atoms with Gasteiger partial charge in [-0.25, -0.2) is 4.98 Å². The first-order valence-corrected chi connectivity index (χ1v) is 3.52. The molecule has 0 saturated carbocycles. The fourth-order valence-corrected chi connectivity index (χ4v) is 0.873. The Labute approximate surface area is 71.9 Å². The number of hydrogen-bond donors (Lipinski definition) is 1. The van der Waals surface area contributed by atoms with E-state index in [-0.39, 0.29) is 6.61 Å². The largest absolute Gasteiger partial charge is 0.446 e. The lowest BCUT2D eigenvalue weighted by molar-refractivity contribution is 0.108. The summed E-state index contributed by atoms with van der Waals surface area (Å²) >= 11 is 1.71. The number of halogens is 1. The van der Waals surface area contributed by atoms with Gasteiger partial charge in [-0.3, -0.25) is 0 Å². The van der Waals surface area contributed by atoms with E-state index in [0.29, 0.717) is 5.76 Å². The third-order valence-electron chi connectivity index (χ3n) is 1.00. The van der Waals surface area contributed by atoms with Gasteiger partial charge in [-0.15, -0.1) is 0 Å². The van der Waals surface area contributed by atoms with Crippen molar-refractivity contribution in [1.29, 1.82) is 0 Å². The minimum Gasteiger partial charge on any atom is -0.446 e. The highest BCUT2D eigenvalue weighted by molar-refractivity contribution is 14.1. The van der Waals surface area contributed by atoms with E-state index >= 15 is 0 Å². The molecule has 1 atom stereocenters. The van der Waals surface area contributed by atoms with Gasteiger partial charge in [0.1, 0.15) is 29.1 Å². The van der Waals surface area contributed by atoms with Crippen LogP contribution in [-0.2, 0) is 3.07 Å². The van der Waals surface area contributed by atoms with E-state index < -0.39 is 6.10 Å². The predicted molar refractivity (Wildman–Crippen MR) is 41.4 cm³/mol. The highest BCUT2D eigenvalue weighted by atomic mass is 127. The Morgan fingerprint density at radius 3 is 3.20 bits per heavy atom. The predicted octanol–water partition coefficient (Wildman–Crippen LogP) is 1.07. The van der Waals surface area contributed by atoms with Crippen molar-refractivity contribution in [2.75, 3.05) is 6.61 Å². The van der Waals surface area contributed by atoms with E-state index in [1.807, 2.05) is 0 Å². The van der Waals surface area contributed by atoms with Crippen LogP contribution in [0.15, 0.2) is 17.0 Å². The lowest BCUT2D eigenvalue weighted by Crippen LogP contribution is -2.01. The Balaban J connectivity index is 2.50. The molecule has 0 saturated heterocycles. The van der Waals surface area contributed by atoms with Gasteiger partial charge in [-0.1, -0.05) is 0 Å². The van der Waals surface area contributed by atoms with E-state index in [9.17, 15) is 0 Å². The van der Waals surface area contributed by atoms with Crippen LogP contribution in [0, 0.1) is 0 Å². The first-order valence-electron chi connectivity index (χ1n) is 2.64. The molecule has 0 fully saturated rings. The molecule has 0 spiro atoms. The monoisotopic (exact) mass is 255 g/mol. The van der Waals surface area contributed by atoms with Crippen molar-refractivity contribution >= 4 is 23.0 Å². The smallest absolute Gasteiger partial charge is 0.180 e. The molecule has 1 heterocycles. The maximum absolute atomic E-state index is 9.15. The third kappa shape index (κ3) is 1.93. The fraction of sp³-hybridized carbons (Fsp3) is 0.400. The zero-order valence-corrected chi connectivity index (χ0v) is 7.19. The summed E-state index contributed by atoms with van der Waals surface area (Å²) in [5.41, 5.74) is 0. The summed E-state index contributed by atoms with van der Waals surface area (Å²) in [6.45, 7) is 0.218. The van der Waals surface area contributed by atoms with Gasteiger partial charge in [-0.05, 0) is 0 Å². The zero-order chi connectivity index (χ0) is 7.40. The second-order valence-corrected chi connectivity index (χ2v) is 2.32. The molecule has 10 heavy (non-hydrogen) atoms. The Hall–Kier alpha value is -0.140. The highest BCUT2D eigenvalue weighted by Gasteiger charge is 2.09. The molecule has 4 nitrogen and oxygen atoms in total. The van der Waals surface area contributed by atoms with Gasteiger partial charge in [-0.2, -0.15) is 0 Å². The lowest BCUT2D eigenvalue weighted by Gasteiger charge is -2.01. The van der Waals surface area contributed by atoms with Crippen LogP contribution in [-0.4, -0.2) is 16.7 Å². The van der Waals surface area contributed by atoms with Crippen LogP contribution >= 0.6 is 23.0 Å². The number of oxazole rings is 1. The summed E-state index contributed by atoms with van der Waals surface area (Å²) in [5, 5.41) is 9.15. The summed E-state index contributed by atoms with van der Waals surface area (Å²) < 4.78 is 9.46. The van der Waals surface area contributed by atoms with Gasteiger partial charge in [0.2, 0.25) is 0 Å². The van der Waals surface area contributed by atoms with E-state index in [2.05, 4.69) is 8.05 Å². The van der Waals surface area contributed by atoms with Crippen LogP contribution in [0.3, 0.4) is 0 Å². The molecule has 1 aromatic rings. The van der Waals surface area contributed by atoms with Gasteiger partial charge in [0.25, 0.3) is 0 Å². The standard InChI is InChI=1S/C5H6INO3/c6-10-2-4(8)5-1-7-3-9-5/h1,3-4,8H,2H2. The van der Waals surface area contributed by atoms with Crippen molar-refractivity contribution in [2.24, 2.45) is 0 Å². The van der Waals surface area contributed by atoms with Crippen LogP contribution in [0.25, 0.3) is 0 Å². The molecule has 5 heteroatoms. The Bertz CT molecular complexity index is 177. The van der Waals surface area contributed by atoms with Crippen molar-refractivity contribution in [2.45, 2.75) is 6.10 Å². The van der Waals surface area contributed by atoms with Crippen molar-refractivity contribution in [3.8, 4) is 0 Å². The van der Waals surface area contributed by atoms with Gasteiger partial charge >= 0.3 is 0 Å². The number of hydrogen-bond acceptors (Lipinski definition) is 4. The molecular weight excluding hydrogens is 249 g/mol. The van der Waals surface area contributed by atoms with E-state index in [4.69, 9.17) is 9.52 Å². The molecule has 0 bridgehead atoms. The summed E-state index contributed by atoms with van der Waals surface area (Å²) in [6, 6.07) is 0. The van der Waals surface area contributed by atoms with Crippen molar-refractivity contribution in [1.82, 2.24) is 4.98 Å². The molecule has 1 rings (SSSR count). The van der Waals surface area contributed by atoms with Gasteiger partial charge in [0, 0.05) is 0 Å². The van der Waals surface area contributed by atoms with Crippen LogP contribution in [0.2, 0.25) is 0 Å². The molecule has 0 aliphatic rings. The third-order valence-corrected chi connectivity index (χ3v) is 1.36. The number of aliphatic hydroxyl groups excluding tert-OH is 1. The Morgan fingerprint density at radius 2 is 2.70 bits per heavy atom. The fourth-order valence-electron chi connectivity index (χ4n) is 0.532. The molecule has 1 unspecified atom stereocenters.